The van der Waals surface area contributed by atoms with E-state index in [9.17, 15) is 19.8 Å². The number of hydrogen-bond donors (Lipinski definition) is 2. The molecular formula is C24H24N2O8. The summed E-state index contributed by atoms with van der Waals surface area (Å²) in [6.07, 6.45) is 8.81. The number of allylic oxidation sites excluding steroid dienone is 5. The largest absolute Gasteiger partial charge is 0.543 e. The molecule has 0 spiro atoms. The van der Waals surface area contributed by atoms with Crippen molar-refractivity contribution >= 4 is 23.2 Å². The molecule has 0 bridgehead atoms. The predicted molar refractivity (Wildman–Crippen MR) is 114 cm³/mol. The Morgan fingerprint density at radius 1 is 0.971 bits per heavy atom. The number of carboxylic acids is 2. The van der Waals surface area contributed by atoms with Gasteiger partial charge in [-0.3, -0.25) is 0 Å². The van der Waals surface area contributed by atoms with Crippen molar-refractivity contribution in [2.24, 2.45) is 0 Å². The number of aliphatic carboxylic acids is 2. The van der Waals surface area contributed by atoms with E-state index in [1.165, 1.54) is 45.1 Å². The van der Waals surface area contributed by atoms with Crippen LogP contribution < -0.4 is 15.2 Å². The summed E-state index contributed by atoms with van der Waals surface area (Å²) in [5.74, 6) is -2.73. The zero-order valence-corrected chi connectivity index (χ0v) is 19.1. The second-order valence-corrected chi connectivity index (χ2v) is 7.67. The first-order valence-electron chi connectivity index (χ1n) is 10.3. The fraction of sp³-hybridized carbons (Fsp3) is 0.292. The van der Waals surface area contributed by atoms with Crippen LogP contribution in [0.25, 0.3) is 5.57 Å². The molecule has 1 aromatic rings. The molecule has 0 radical (unpaired) electrons. The molecule has 0 saturated carbocycles. The van der Waals surface area contributed by atoms with Gasteiger partial charge < -0.3 is 43.7 Å². The molecule has 2 N–H and O–H groups in total. The molecule has 1 aliphatic carbocycles. The van der Waals surface area contributed by atoms with E-state index < -0.39 is 24.5 Å². The zero-order chi connectivity index (χ0) is 24.8. The van der Waals surface area contributed by atoms with Crippen LogP contribution in [0.4, 0.5) is 0 Å². The topological polar surface area (TPSA) is 147 Å². The minimum Gasteiger partial charge on any atom is -0.543 e. The van der Waals surface area contributed by atoms with Gasteiger partial charge in [0.2, 0.25) is 0 Å². The highest BCUT2D eigenvalue weighted by Gasteiger charge is 2.36. The first-order chi connectivity index (χ1) is 16.2. The Morgan fingerprint density at radius 2 is 1.47 bits per heavy atom. The number of aryl methyl sites for hydroxylation is 2. The molecular weight excluding hydrogens is 444 g/mol. The van der Waals surface area contributed by atoms with Crippen molar-refractivity contribution in [3.63, 3.8) is 0 Å². The van der Waals surface area contributed by atoms with E-state index in [-0.39, 0.29) is 0 Å². The number of carboxylic acid groups (broad SMARTS) is 2. The van der Waals surface area contributed by atoms with Crippen LogP contribution in [-0.2, 0) is 28.5 Å². The smallest absolute Gasteiger partial charge is 0.306 e. The number of carbonyl (C=O) groups excluding carboxylic acids is 2. The highest BCUT2D eigenvalue weighted by Crippen LogP contribution is 2.36. The molecule has 0 atom stereocenters. The Balaban J connectivity index is 0.000000168. The van der Waals surface area contributed by atoms with Gasteiger partial charge in [-0.2, -0.15) is 4.99 Å². The lowest BCUT2D eigenvalue weighted by molar-refractivity contribution is -0.389. The van der Waals surface area contributed by atoms with E-state index in [0.717, 1.165) is 31.5 Å². The maximum Gasteiger partial charge on any atom is 0.306 e. The van der Waals surface area contributed by atoms with Crippen LogP contribution in [0.15, 0.2) is 54.0 Å². The third-order valence-corrected chi connectivity index (χ3v) is 4.86. The number of aromatic amines is 1. The first kappa shape index (κ1) is 24.3. The molecule has 1 aromatic heterocycles. The quantitative estimate of drug-likeness (QED) is 0.545. The summed E-state index contributed by atoms with van der Waals surface area (Å²) in [7, 11) is 0. The average Bonchev–Trinajstić information content (AvgIpc) is 3.52. The number of H-pyrrole nitrogens is 1. The minimum absolute atomic E-state index is 1.00. The number of ether oxygens (including phenoxy) is 4. The van der Waals surface area contributed by atoms with Gasteiger partial charge in [-0.05, 0) is 26.8 Å². The average molecular weight is 468 g/mol. The van der Waals surface area contributed by atoms with Crippen LogP contribution in [0.3, 0.4) is 0 Å². The van der Waals surface area contributed by atoms with Crippen molar-refractivity contribution in [2.75, 3.05) is 0 Å². The third kappa shape index (κ3) is 5.93. The van der Waals surface area contributed by atoms with Gasteiger partial charge in [0, 0.05) is 24.3 Å². The lowest BCUT2D eigenvalue weighted by Gasteiger charge is -2.08. The lowest BCUT2D eigenvalue weighted by atomic mass is 9.86. The highest BCUT2D eigenvalue weighted by molar-refractivity contribution is 5.91. The van der Waals surface area contributed by atoms with Crippen molar-refractivity contribution < 1.29 is 43.7 Å². The summed E-state index contributed by atoms with van der Waals surface area (Å²) in [6, 6.07) is 2.19. The first-order valence-corrected chi connectivity index (χ1v) is 10.3. The van der Waals surface area contributed by atoms with E-state index in [4.69, 9.17) is 0 Å². The maximum absolute atomic E-state index is 9.80. The van der Waals surface area contributed by atoms with Crippen LogP contribution in [0.1, 0.15) is 37.2 Å². The molecule has 10 nitrogen and oxygen atoms in total. The molecule has 5 rings (SSSR count). The van der Waals surface area contributed by atoms with Crippen LogP contribution in [-0.4, -0.2) is 35.2 Å². The highest BCUT2D eigenvalue weighted by atomic mass is 16.7. The Kier molecular flexibility index (Phi) is 7.55. The number of rotatable bonds is 3. The Hall–Kier alpha value is -4.30. The van der Waals surface area contributed by atoms with Gasteiger partial charge in [-0.25, -0.2) is 0 Å². The van der Waals surface area contributed by atoms with E-state index >= 15 is 0 Å². The van der Waals surface area contributed by atoms with Crippen molar-refractivity contribution in [2.45, 2.75) is 46.7 Å². The van der Waals surface area contributed by atoms with Crippen molar-refractivity contribution in [1.29, 1.82) is 0 Å². The molecule has 178 valence electrons. The second-order valence-electron chi connectivity index (χ2n) is 7.67. The monoisotopic (exact) mass is 468 g/mol. The van der Waals surface area contributed by atoms with Crippen molar-refractivity contribution in [3.8, 4) is 0 Å². The predicted octanol–water partition coefficient (Wildman–Crippen LogP) is -0.862. The van der Waals surface area contributed by atoms with Gasteiger partial charge in [0.15, 0.2) is 11.3 Å². The maximum atomic E-state index is 9.80. The van der Waals surface area contributed by atoms with Gasteiger partial charge in [0.05, 0.1) is 18.1 Å². The molecule has 0 aromatic carbocycles. The number of hydrogen-bond acceptors (Lipinski definition) is 8. The summed E-state index contributed by atoms with van der Waals surface area (Å²) in [4.78, 5) is 26.4. The number of carbonyl (C=O) groups is 2. The Labute approximate surface area is 196 Å². The van der Waals surface area contributed by atoms with Crippen LogP contribution in [0, 0.1) is 19.9 Å². The SMILES string of the molecule is CC1=CC(C)=[NH+]C1=C1[C+]=C(c2[nH]c(C)cc2C)C1.O=C([O-])C1OC=CO1.O=C([O-])C1OC=CO1. The number of nitrogens with one attached hydrogen (secondary N) is 2. The molecule has 10 heteroatoms. The molecule has 0 fully saturated rings. The van der Waals surface area contributed by atoms with Crippen LogP contribution in [0.2, 0.25) is 0 Å². The normalized spacial score (nSPS) is 19.9. The molecule has 0 saturated heterocycles. The van der Waals surface area contributed by atoms with Gasteiger partial charge in [-0.15, -0.1) is 0 Å². The van der Waals surface area contributed by atoms with E-state index in [1.54, 1.807) is 0 Å². The molecule has 0 amide bonds. The molecule has 3 aliphatic heterocycles. The fourth-order valence-electron chi connectivity index (χ4n) is 3.43. The minimum atomic E-state index is -1.37. The van der Waals surface area contributed by atoms with Gasteiger partial charge >= 0.3 is 5.70 Å². The van der Waals surface area contributed by atoms with Gasteiger partial charge in [0.25, 0.3) is 12.6 Å². The van der Waals surface area contributed by atoms with E-state index in [2.05, 4.69) is 74.8 Å². The van der Waals surface area contributed by atoms with Gasteiger partial charge in [0.1, 0.15) is 48.3 Å². The van der Waals surface area contributed by atoms with Gasteiger partial charge in [-0.1, -0.05) is 0 Å². The molecule has 4 heterocycles. The number of aromatic nitrogens is 1. The van der Waals surface area contributed by atoms with E-state index in [0.29, 0.717) is 0 Å². The van der Waals surface area contributed by atoms with Crippen LogP contribution in [0.5, 0.6) is 0 Å². The summed E-state index contributed by atoms with van der Waals surface area (Å²) in [5, 5.41) is 19.6. The van der Waals surface area contributed by atoms with Crippen molar-refractivity contribution in [1.82, 2.24) is 4.98 Å². The van der Waals surface area contributed by atoms with E-state index in [1.807, 2.05) is 0 Å². The summed E-state index contributed by atoms with van der Waals surface area (Å²) in [5.41, 5.74) is 10.1. The summed E-state index contributed by atoms with van der Waals surface area (Å²) >= 11 is 0. The molecule has 0 unspecified atom stereocenters. The fourth-order valence-corrected chi connectivity index (χ4v) is 3.43. The molecule has 34 heavy (non-hydrogen) atoms. The summed E-state index contributed by atoms with van der Waals surface area (Å²) in [6.45, 7) is 8.49. The third-order valence-electron chi connectivity index (χ3n) is 4.86. The zero-order valence-electron chi connectivity index (χ0n) is 19.1. The lowest BCUT2D eigenvalue weighted by Crippen LogP contribution is -2.68. The van der Waals surface area contributed by atoms with Crippen LogP contribution >= 0.6 is 0 Å². The second kappa shape index (κ2) is 10.5. The molecule has 4 aliphatic rings. The standard InChI is InChI=1S/C16H17N2.2C4H4O4/c1-9-5-11(3)17-15(9)13-7-14(8-13)16-10(2)6-12(4)18-16;2*5-3(6)4-7-1-2-8-4/h5-6,17H,7H2,1-4H3;2*1-2,4H,(H,5,6)/q+1;;/p-1. The summed E-state index contributed by atoms with van der Waals surface area (Å²) < 4.78 is 17.4. The Morgan fingerprint density at radius 3 is 1.79 bits per heavy atom. The Bertz CT molecular complexity index is 1100. The van der Waals surface area contributed by atoms with Crippen molar-refractivity contribution in [3.05, 3.63) is 77.1 Å².